The standard InChI is InChI=1S/C16H16N2O2/c1-11(15-5-4-6-16(18-15)12(2)19)17-13-7-9-14(20-3)10-8-13/h4-10H,1-3H3/b17-11+. The van der Waals surface area contributed by atoms with Gasteiger partial charge in [0.2, 0.25) is 0 Å². The topological polar surface area (TPSA) is 51.5 Å². The quantitative estimate of drug-likeness (QED) is 0.630. The zero-order valence-corrected chi connectivity index (χ0v) is 11.8. The van der Waals surface area contributed by atoms with Crippen LogP contribution in [0.3, 0.4) is 0 Å². The monoisotopic (exact) mass is 268 g/mol. The van der Waals surface area contributed by atoms with Gasteiger partial charge in [0.15, 0.2) is 5.78 Å². The molecule has 0 N–H and O–H groups in total. The molecule has 1 heterocycles. The smallest absolute Gasteiger partial charge is 0.178 e. The van der Waals surface area contributed by atoms with Gasteiger partial charge < -0.3 is 4.74 Å². The summed E-state index contributed by atoms with van der Waals surface area (Å²) in [6.45, 7) is 3.37. The highest BCUT2D eigenvalue weighted by molar-refractivity contribution is 6.00. The minimum Gasteiger partial charge on any atom is -0.497 e. The summed E-state index contributed by atoms with van der Waals surface area (Å²) in [5, 5.41) is 0. The van der Waals surface area contributed by atoms with Crippen molar-refractivity contribution < 1.29 is 9.53 Å². The van der Waals surface area contributed by atoms with E-state index in [2.05, 4.69) is 9.98 Å². The Bertz CT molecular complexity index is 646. The van der Waals surface area contributed by atoms with E-state index in [9.17, 15) is 4.79 Å². The van der Waals surface area contributed by atoms with E-state index in [-0.39, 0.29) is 5.78 Å². The van der Waals surface area contributed by atoms with Gasteiger partial charge in [-0.05, 0) is 43.3 Å². The maximum absolute atomic E-state index is 11.3. The van der Waals surface area contributed by atoms with Crippen molar-refractivity contribution in [1.82, 2.24) is 4.98 Å². The van der Waals surface area contributed by atoms with Crippen molar-refractivity contribution in [2.45, 2.75) is 13.8 Å². The van der Waals surface area contributed by atoms with Crippen molar-refractivity contribution in [3.63, 3.8) is 0 Å². The van der Waals surface area contributed by atoms with Crippen molar-refractivity contribution in [3.8, 4) is 5.75 Å². The summed E-state index contributed by atoms with van der Waals surface area (Å²) in [6.07, 6.45) is 0. The molecule has 0 spiro atoms. The minimum absolute atomic E-state index is 0.0518. The normalized spacial score (nSPS) is 11.2. The van der Waals surface area contributed by atoms with Crippen LogP contribution < -0.4 is 4.74 Å². The lowest BCUT2D eigenvalue weighted by Crippen LogP contribution is -2.03. The molecule has 1 aromatic heterocycles. The van der Waals surface area contributed by atoms with E-state index in [1.165, 1.54) is 6.92 Å². The summed E-state index contributed by atoms with van der Waals surface area (Å²) in [5.41, 5.74) is 2.73. The first kappa shape index (κ1) is 13.9. The number of methoxy groups -OCH3 is 1. The third kappa shape index (κ3) is 3.29. The highest BCUT2D eigenvalue weighted by atomic mass is 16.5. The summed E-state index contributed by atoms with van der Waals surface area (Å²) >= 11 is 0. The van der Waals surface area contributed by atoms with Crippen LogP contribution in [-0.4, -0.2) is 23.6 Å². The fourth-order valence-corrected chi connectivity index (χ4v) is 1.74. The van der Waals surface area contributed by atoms with Crippen LogP contribution in [0.1, 0.15) is 30.0 Å². The number of aromatic nitrogens is 1. The van der Waals surface area contributed by atoms with E-state index in [4.69, 9.17) is 4.74 Å². The molecular formula is C16H16N2O2. The van der Waals surface area contributed by atoms with Gasteiger partial charge in [-0.15, -0.1) is 0 Å². The zero-order chi connectivity index (χ0) is 14.5. The summed E-state index contributed by atoms with van der Waals surface area (Å²) in [4.78, 5) is 20.1. The average molecular weight is 268 g/mol. The highest BCUT2D eigenvalue weighted by Gasteiger charge is 2.04. The number of ketones is 1. The van der Waals surface area contributed by atoms with E-state index < -0.39 is 0 Å². The fourth-order valence-electron chi connectivity index (χ4n) is 1.74. The number of hydrogen-bond donors (Lipinski definition) is 0. The molecule has 0 unspecified atom stereocenters. The molecule has 0 aliphatic heterocycles. The zero-order valence-electron chi connectivity index (χ0n) is 11.8. The van der Waals surface area contributed by atoms with Crippen molar-refractivity contribution in [2.24, 2.45) is 4.99 Å². The predicted molar refractivity (Wildman–Crippen MR) is 79.1 cm³/mol. The number of benzene rings is 1. The molecule has 0 amide bonds. The molecule has 20 heavy (non-hydrogen) atoms. The second-order valence-electron chi connectivity index (χ2n) is 4.36. The molecule has 0 aliphatic carbocycles. The van der Waals surface area contributed by atoms with Crippen LogP contribution in [0.25, 0.3) is 0 Å². The van der Waals surface area contributed by atoms with Gasteiger partial charge in [-0.3, -0.25) is 9.79 Å². The number of aliphatic imine (C=N–C) groups is 1. The van der Waals surface area contributed by atoms with Gasteiger partial charge in [0.1, 0.15) is 11.4 Å². The molecule has 2 rings (SSSR count). The number of Topliss-reactive ketones (excluding diaryl/α,β-unsaturated/α-hetero) is 1. The Balaban J connectivity index is 2.29. The molecule has 0 fully saturated rings. The highest BCUT2D eigenvalue weighted by Crippen LogP contribution is 2.18. The van der Waals surface area contributed by atoms with Crippen molar-refractivity contribution in [1.29, 1.82) is 0 Å². The van der Waals surface area contributed by atoms with Crippen LogP contribution in [0.2, 0.25) is 0 Å². The van der Waals surface area contributed by atoms with Crippen LogP contribution in [0.4, 0.5) is 5.69 Å². The van der Waals surface area contributed by atoms with Gasteiger partial charge in [-0.25, -0.2) is 4.98 Å². The van der Waals surface area contributed by atoms with Crippen LogP contribution in [0.5, 0.6) is 5.75 Å². The number of rotatable bonds is 4. The van der Waals surface area contributed by atoms with Crippen molar-refractivity contribution in [3.05, 3.63) is 53.9 Å². The largest absolute Gasteiger partial charge is 0.497 e. The molecule has 0 saturated carbocycles. The molecule has 0 saturated heterocycles. The number of nitrogens with zero attached hydrogens (tertiary/aromatic N) is 2. The summed E-state index contributed by atoms with van der Waals surface area (Å²) in [6, 6.07) is 12.8. The van der Waals surface area contributed by atoms with Crippen molar-refractivity contribution >= 4 is 17.2 Å². The van der Waals surface area contributed by atoms with Crippen LogP contribution in [0, 0.1) is 0 Å². The summed E-state index contributed by atoms with van der Waals surface area (Å²) in [5.74, 6) is 0.738. The van der Waals surface area contributed by atoms with E-state index in [0.29, 0.717) is 11.4 Å². The molecule has 4 heteroatoms. The van der Waals surface area contributed by atoms with E-state index >= 15 is 0 Å². The Labute approximate surface area is 118 Å². The predicted octanol–water partition coefficient (Wildman–Crippen LogP) is 3.43. The summed E-state index contributed by atoms with van der Waals surface area (Å²) < 4.78 is 5.10. The first-order valence-corrected chi connectivity index (χ1v) is 6.28. The molecule has 102 valence electrons. The Morgan fingerprint density at radius 2 is 1.70 bits per heavy atom. The Morgan fingerprint density at radius 1 is 1.05 bits per heavy atom. The van der Waals surface area contributed by atoms with Crippen molar-refractivity contribution in [2.75, 3.05) is 7.11 Å². The van der Waals surface area contributed by atoms with Gasteiger partial charge in [-0.2, -0.15) is 0 Å². The third-order valence-corrected chi connectivity index (χ3v) is 2.85. The number of pyridine rings is 1. The van der Waals surface area contributed by atoms with Gasteiger partial charge in [0.25, 0.3) is 0 Å². The van der Waals surface area contributed by atoms with E-state index in [1.54, 1.807) is 13.2 Å². The van der Waals surface area contributed by atoms with Crippen LogP contribution >= 0.6 is 0 Å². The lowest BCUT2D eigenvalue weighted by Gasteiger charge is -2.03. The number of carbonyl (C=O) groups excluding carboxylic acids is 1. The van der Waals surface area contributed by atoms with Crippen LogP contribution in [-0.2, 0) is 0 Å². The first-order valence-electron chi connectivity index (χ1n) is 6.28. The Kier molecular flexibility index (Phi) is 4.25. The van der Waals surface area contributed by atoms with Gasteiger partial charge in [-0.1, -0.05) is 6.07 Å². The Morgan fingerprint density at radius 3 is 2.30 bits per heavy atom. The number of hydrogen-bond acceptors (Lipinski definition) is 4. The van der Waals surface area contributed by atoms with Gasteiger partial charge >= 0.3 is 0 Å². The fraction of sp³-hybridized carbons (Fsp3) is 0.188. The molecule has 1 aromatic carbocycles. The Hall–Kier alpha value is -2.49. The lowest BCUT2D eigenvalue weighted by atomic mass is 10.2. The second kappa shape index (κ2) is 6.10. The molecule has 0 atom stereocenters. The molecular weight excluding hydrogens is 252 g/mol. The van der Waals surface area contributed by atoms with E-state index in [1.807, 2.05) is 43.3 Å². The first-order chi connectivity index (χ1) is 9.60. The SMILES string of the molecule is COc1ccc(/N=C(\C)c2cccc(C(C)=O)n2)cc1. The second-order valence-corrected chi connectivity index (χ2v) is 4.36. The molecule has 0 bridgehead atoms. The van der Waals surface area contributed by atoms with Gasteiger partial charge in [0.05, 0.1) is 24.2 Å². The van der Waals surface area contributed by atoms with E-state index in [0.717, 1.165) is 17.1 Å². The third-order valence-electron chi connectivity index (χ3n) is 2.85. The minimum atomic E-state index is -0.0518. The molecule has 0 radical (unpaired) electrons. The molecule has 2 aromatic rings. The maximum atomic E-state index is 11.3. The lowest BCUT2D eigenvalue weighted by molar-refractivity contribution is 0.101. The number of ether oxygens (including phenoxy) is 1. The average Bonchev–Trinajstić information content (AvgIpc) is 2.48. The molecule has 0 aliphatic rings. The van der Waals surface area contributed by atoms with Crippen LogP contribution in [0.15, 0.2) is 47.5 Å². The summed E-state index contributed by atoms with van der Waals surface area (Å²) in [7, 11) is 1.63. The molecule has 4 nitrogen and oxygen atoms in total. The number of carbonyl (C=O) groups is 1. The maximum Gasteiger partial charge on any atom is 0.178 e. The van der Waals surface area contributed by atoms with Gasteiger partial charge in [0, 0.05) is 6.92 Å².